The minimum absolute atomic E-state index is 1.08. The van der Waals surface area contributed by atoms with E-state index in [4.69, 9.17) is 0 Å². The van der Waals surface area contributed by atoms with E-state index in [0.29, 0.717) is 0 Å². The molecule has 0 aliphatic carbocycles. The molecule has 0 saturated heterocycles. The molecule has 0 atom stereocenters. The highest BCUT2D eigenvalue weighted by Gasteiger charge is 2.23. The zero-order chi connectivity index (χ0) is 41.7. The van der Waals surface area contributed by atoms with E-state index in [1.807, 2.05) is 11.3 Å². The molecule has 0 spiro atoms. The third-order valence-corrected chi connectivity index (χ3v) is 13.6. The molecule has 2 nitrogen and oxygen atoms in total. The van der Waals surface area contributed by atoms with Crippen LogP contribution in [0.5, 0.6) is 0 Å². The van der Waals surface area contributed by atoms with Crippen molar-refractivity contribution in [1.29, 1.82) is 0 Å². The zero-order valence-electron chi connectivity index (χ0n) is 34.4. The maximum Gasteiger partial charge on any atom is 0.0561 e. The van der Waals surface area contributed by atoms with Gasteiger partial charge in [0.15, 0.2) is 0 Å². The van der Waals surface area contributed by atoms with Crippen molar-refractivity contribution in [2.45, 2.75) is 0 Å². The van der Waals surface area contributed by atoms with Crippen molar-refractivity contribution in [3.05, 3.63) is 243 Å². The van der Waals surface area contributed by atoms with E-state index in [0.717, 1.165) is 39.4 Å². The van der Waals surface area contributed by atoms with Crippen LogP contribution < -0.4 is 4.90 Å². The molecule has 3 heteroatoms. The largest absolute Gasteiger partial charge is 0.310 e. The summed E-state index contributed by atoms with van der Waals surface area (Å²) in [6, 6.07) is 88.5. The highest BCUT2D eigenvalue weighted by Crippen LogP contribution is 2.48. The van der Waals surface area contributed by atoms with Crippen molar-refractivity contribution in [3.8, 4) is 50.2 Å². The van der Waals surface area contributed by atoms with Crippen LogP contribution in [0.1, 0.15) is 0 Å². The van der Waals surface area contributed by atoms with Crippen molar-refractivity contribution in [2.24, 2.45) is 0 Å². The summed E-state index contributed by atoms with van der Waals surface area (Å²) < 4.78 is 5.01. The Bertz CT molecular complexity index is 3600. The number of hydrogen-bond acceptors (Lipinski definition) is 2. The van der Waals surface area contributed by atoms with Gasteiger partial charge in [0.05, 0.1) is 16.7 Å². The number of rotatable bonds is 8. The predicted molar refractivity (Wildman–Crippen MR) is 270 cm³/mol. The Labute approximate surface area is 370 Å². The lowest BCUT2D eigenvalue weighted by atomic mass is 9.92. The van der Waals surface area contributed by atoms with Crippen LogP contribution in [-0.4, -0.2) is 4.57 Å². The second kappa shape index (κ2) is 15.5. The summed E-state index contributed by atoms with van der Waals surface area (Å²) in [5.74, 6) is 0. The summed E-state index contributed by atoms with van der Waals surface area (Å²) in [5, 5.41) is 5.05. The monoisotopic (exact) mass is 820 g/mol. The molecule has 0 aliphatic heterocycles. The third kappa shape index (κ3) is 6.41. The van der Waals surface area contributed by atoms with Gasteiger partial charge in [0.1, 0.15) is 0 Å². The van der Waals surface area contributed by atoms with Crippen LogP contribution in [0.4, 0.5) is 17.1 Å². The average Bonchev–Trinajstić information content (AvgIpc) is 3.91. The predicted octanol–water partition coefficient (Wildman–Crippen LogP) is 17.3. The normalized spacial score (nSPS) is 11.5. The van der Waals surface area contributed by atoms with Gasteiger partial charge in [-0.3, -0.25) is 0 Å². The maximum atomic E-state index is 2.47. The summed E-state index contributed by atoms with van der Waals surface area (Å²) >= 11 is 1.88. The van der Waals surface area contributed by atoms with Gasteiger partial charge in [-0.1, -0.05) is 188 Å². The molecule has 0 fully saturated rings. The Hall–Kier alpha value is -7.98. The van der Waals surface area contributed by atoms with Crippen LogP contribution in [-0.2, 0) is 0 Å². The van der Waals surface area contributed by atoms with Crippen LogP contribution in [0, 0.1) is 0 Å². The van der Waals surface area contributed by atoms with E-state index < -0.39 is 0 Å². The first-order valence-electron chi connectivity index (χ1n) is 21.5. The lowest BCUT2D eigenvalue weighted by Gasteiger charge is -2.29. The van der Waals surface area contributed by atoms with E-state index in [2.05, 4.69) is 252 Å². The topological polar surface area (TPSA) is 8.17 Å². The molecule has 63 heavy (non-hydrogen) atoms. The number of anilines is 3. The minimum atomic E-state index is 1.08. The van der Waals surface area contributed by atoms with Gasteiger partial charge in [0.25, 0.3) is 0 Å². The van der Waals surface area contributed by atoms with Gasteiger partial charge in [-0.25, -0.2) is 0 Å². The molecule has 296 valence electrons. The SMILES string of the molecule is c1ccc(-c2ccc(-c3ccccc3N(c3ccc(-c4ccccc4)c(-c4cccc5c4sc4ccccc45)c3)c3ccc4c5ccccc5n(-c5ccccc5)c4c3)cc2)cc1. The zero-order valence-corrected chi connectivity index (χ0v) is 35.2. The second-order valence-electron chi connectivity index (χ2n) is 16.1. The molecule has 0 N–H and O–H groups in total. The number of para-hydroxylation sites is 3. The minimum Gasteiger partial charge on any atom is -0.310 e. The van der Waals surface area contributed by atoms with Crippen molar-refractivity contribution >= 4 is 70.4 Å². The molecule has 0 unspecified atom stereocenters. The van der Waals surface area contributed by atoms with Gasteiger partial charge < -0.3 is 9.47 Å². The highest BCUT2D eigenvalue weighted by atomic mass is 32.1. The smallest absolute Gasteiger partial charge is 0.0561 e. The first-order valence-corrected chi connectivity index (χ1v) is 22.3. The summed E-state index contributed by atoms with van der Waals surface area (Å²) in [7, 11) is 0. The molecule has 0 aliphatic rings. The summed E-state index contributed by atoms with van der Waals surface area (Å²) in [6.07, 6.45) is 0. The molecule has 10 aromatic carbocycles. The van der Waals surface area contributed by atoms with Gasteiger partial charge in [-0.05, 0) is 88.0 Å². The number of thiophene rings is 1. The van der Waals surface area contributed by atoms with Crippen LogP contribution in [0.2, 0.25) is 0 Å². The Morgan fingerprint density at radius 1 is 0.317 bits per heavy atom. The van der Waals surface area contributed by atoms with Crippen molar-refractivity contribution in [2.75, 3.05) is 4.90 Å². The lowest BCUT2D eigenvalue weighted by Crippen LogP contribution is -2.12. The summed E-state index contributed by atoms with van der Waals surface area (Å²) in [6.45, 7) is 0. The fourth-order valence-electron chi connectivity index (χ4n) is 9.49. The van der Waals surface area contributed by atoms with Crippen molar-refractivity contribution in [1.82, 2.24) is 4.57 Å². The first-order chi connectivity index (χ1) is 31.3. The molecular formula is C60H40N2S. The summed E-state index contributed by atoms with van der Waals surface area (Å²) in [4.78, 5) is 2.47. The van der Waals surface area contributed by atoms with Gasteiger partial charge in [-0.2, -0.15) is 0 Å². The van der Waals surface area contributed by atoms with E-state index >= 15 is 0 Å². The Morgan fingerprint density at radius 3 is 1.68 bits per heavy atom. The van der Waals surface area contributed by atoms with E-state index in [1.165, 1.54) is 69.8 Å². The van der Waals surface area contributed by atoms with Crippen LogP contribution in [0.15, 0.2) is 243 Å². The fourth-order valence-corrected chi connectivity index (χ4v) is 10.7. The fraction of sp³-hybridized carbons (Fsp3) is 0. The quantitative estimate of drug-likeness (QED) is 0.148. The molecule has 0 bridgehead atoms. The van der Waals surface area contributed by atoms with E-state index in [1.54, 1.807) is 0 Å². The molecular weight excluding hydrogens is 781 g/mol. The van der Waals surface area contributed by atoms with Crippen LogP contribution in [0.25, 0.3) is 92.2 Å². The molecule has 12 rings (SSSR count). The Morgan fingerprint density at radius 2 is 0.873 bits per heavy atom. The van der Waals surface area contributed by atoms with Gasteiger partial charge >= 0.3 is 0 Å². The lowest BCUT2D eigenvalue weighted by molar-refractivity contribution is 1.18. The highest BCUT2D eigenvalue weighted by molar-refractivity contribution is 7.26. The molecule has 12 aromatic rings. The van der Waals surface area contributed by atoms with Crippen LogP contribution >= 0.6 is 11.3 Å². The van der Waals surface area contributed by atoms with Crippen molar-refractivity contribution < 1.29 is 0 Å². The number of nitrogens with zero attached hydrogens (tertiary/aromatic N) is 2. The number of aromatic nitrogens is 1. The first kappa shape index (κ1) is 36.8. The number of benzene rings is 10. The summed E-state index contributed by atoms with van der Waals surface area (Å²) in [5.41, 5.74) is 16.3. The van der Waals surface area contributed by atoms with E-state index in [9.17, 15) is 0 Å². The molecule has 2 heterocycles. The molecule has 0 radical (unpaired) electrons. The Balaban J connectivity index is 1.12. The van der Waals surface area contributed by atoms with Crippen LogP contribution in [0.3, 0.4) is 0 Å². The number of fused-ring (bicyclic) bond motifs is 6. The molecule has 2 aromatic heterocycles. The van der Waals surface area contributed by atoms with Gasteiger partial charge in [0, 0.05) is 59.1 Å². The third-order valence-electron chi connectivity index (χ3n) is 12.4. The average molecular weight is 821 g/mol. The molecule has 0 amide bonds. The van der Waals surface area contributed by atoms with Gasteiger partial charge in [0.2, 0.25) is 0 Å². The maximum absolute atomic E-state index is 2.47. The Kier molecular flexibility index (Phi) is 9.06. The van der Waals surface area contributed by atoms with E-state index in [-0.39, 0.29) is 0 Å². The number of hydrogen-bond donors (Lipinski definition) is 0. The van der Waals surface area contributed by atoms with Crippen molar-refractivity contribution in [3.63, 3.8) is 0 Å². The second-order valence-corrected chi connectivity index (χ2v) is 17.1. The standard InChI is InChI=1S/C60H40N2S/c1-4-17-41(18-5-1)42-31-33-44(34-32-42)49-23-10-13-28-56(49)61(47-36-38-51-50-24-11-14-29-57(50)62(58(51)40-47)45-21-8-3-9-22-45)46-35-37-48(43-19-6-2-7-20-43)55(39-46)54-27-16-26-53-52-25-12-15-30-59(52)63-60(53)54/h1-40H. The van der Waals surface area contributed by atoms with Gasteiger partial charge in [-0.15, -0.1) is 11.3 Å². The molecule has 0 saturated carbocycles.